The maximum Gasteiger partial charge on any atom is 0.194 e. The number of ketones is 1. The van der Waals surface area contributed by atoms with Crippen LogP contribution in [0.2, 0.25) is 0 Å². The molecule has 0 spiro atoms. The Bertz CT molecular complexity index is 1050. The van der Waals surface area contributed by atoms with Gasteiger partial charge in [0, 0.05) is 32.0 Å². The predicted octanol–water partition coefficient (Wildman–Crippen LogP) is 5.52. The quantitative estimate of drug-likeness (QED) is 0.376. The summed E-state index contributed by atoms with van der Waals surface area (Å²) in [5.41, 5.74) is 3.65. The van der Waals surface area contributed by atoms with E-state index in [-0.39, 0.29) is 5.78 Å². The summed E-state index contributed by atoms with van der Waals surface area (Å²) in [5.74, 6) is 0.774. The molecule has 0 N–H and O–H groups in total. The molecule has 1 aliphatic rings. The van der Waals surface area contributed by atoms with Gasteiger partial charge in [-0.05, 0) is 85.0 Å². The summed E-state index contributed by atoms with van der Waals surface area (Å²) >= 11 is 2.20. The third kappa shape index (κ3) is 3.54. The van der Waals surface area contributed by atoms with Crippen molar-refractivity contribution in [2.24, 2.45) is 0 Å². The van der Waals surface area contributed by atoms with Crippen LogP contribution in [0.5, 0.6) is 5.75 Å². The van der Waals surface area contributed by atoms with Crippen molar-refractivity contribution in [3.05, 3.63) is 98.9 Å². The van der Waals surface area contributed by atoms with Crippen molar-refractivity contribution >= 4 is 33.9 Å². The van der Waals surface area contributed by atoms with E-state index < -0.39 is 5.60 Å². The van der Waals surface area contributed by atoms with Crippen LogP contribution < -0.4 is 4.74 Å². The molecule has 1 aliphatic heterocycles. The zero-order valence-electron chi connectivity index (χ0n) is 15.1. The number of hydrogen-bond donors (Lipinski definition) is 0. The number of pyridine rings is 1. The smallest absolute Gasteiger partial charge is 0.194 e. The first-order chi connectivity index (χ1) is 12.9. The SMILES string of the molecule is CC1(C)C=C(c2ccccn2)c2cc(C(=O)c3ccccc3I)ccc2O1. The second-order valence-corrected chi connectivity index (χ2v) is 8.16. The number of benzene rings is 2. The number of halogens is 1. The van der Waals surface area contributed by atoms with Crippen molar-refractivity contribution in [3.8, 4) is 5.75 Å². The molecule has 0 radical (unpaired) electrons. The molecule has 27 heavy (non-hydrogen) atoms. The van der Waals surface area contributed by atoms with Crippen LogP contribution in [-0.2, 0) is 0 Å². The van der Waals surface area contributed by atoms with E-state index >= 15 is 0 Å². The van der Waals surface area contributed by atoms with Crippen molar-refractivity contribution in [3.63, 3.8) is 0 Å². The van der Waals surface area contributed by atoms with Crippen molar-refractivity contribution in [1.82, 2.24) is 4.98 Å². The number of carbonyl (C=O) groups excluding carboxylic acids is 1. The summed E-state index contributed by atoms with van der Waals surface area (Å²) in [7, 11) is 0. The molecule has 0 unspecified atom stereocenters. The normalized spacial score (nSPS) is 14.7. The minimum absolute atomic E-state index is 0.00741. The topological polar surface area (TPSA) is 39.2 Å². The lowest BCUT2D eigenvalue weighted by molar-refractivity contribution is 0.103. The molecule has 2 heterocycles. The molecule has 0 bridgehead atoms. The minimum atomic E-state index is -0.444. The third-order valence-corrected chi connectivity index (χ3v) is 5.40. The minimum Gasteiger partial charge on any atom is -0.483 e. The fourth-order valence-corrected chi connectivity index (χ4v) is 3.88. The van der Waals surface area contributed by atoms with Crippen LogP contribution in [0.1, 0.15) is 41.0 Å². The summed E-state index contributed by atoms with van der Waals surface area (Å²) in [6.07, 6.45) is 3.85. The van der Waals surface area contributed by atoms with Gasteiger partial charge in [-0.25, -0.2) is 0 Å². The van der Waals surface area contributed by atoms with Gasteiger partial charge in [0.1, 0.15) is 11.4 Å². The molecule has 2 aromatic carbocycles. The van der Waals surface area contributed by atoms with Crippen LogP contribution >= 0.6 is 22.6 Å². The van der Waals surface area contributed by atoms with E-state index in [1.165, 1.54) is 0 Å². The highest BCUT2D eigenvalue weighted by atomic mass is 127. The summed E-state index contributed by atoms with van der Waals surface area (Å²) < 4.78 is 7.06. The molecule has 134 valence electrons. The highest BCUT2D eigenvalue weighted by molar-refractivity contribution is 14.1. The lowest BCUT2D eigenvalue weighted by atomic mass is 9.90. The lowest BCUT2D eigenvalue weighted by Gasteiger charge is -2.31. The molecule has 0 fully saturated rings. The van der Waals surface area contributed by atoms with E-state index in [2.05, 4.69) is 33.7 Å². The van der Waals surface area contributed by atoms with Crippen LogP contribution in [0.15, 0.2) is 72.9 Å². The van der Waals surface area contributed by atoms with Gasteiger partial charge in [0.2, 0.25) is 0 Å². The van der Waals surface area contributed by atoms with Gasteiger partial charge in [0.15, 0.2) is 5.78 Å². The number of aromatic nitrogens is 1. The van der Waals surface area contributed by atoms with Crippen molar-refractivity contribution < 1.29 is 9.53 Å². The molecule has 3 nitrogen and oxygen atoms in total. The molecule has 0 saturated carbocycles. The summed E-state index contributed by atoms with van der Waals surface area (Å²) in [4.78, 5) is 17.5. The Morgan fingerprint density at radius 2 is 1.81 bits per heavy atom. The van der Waals surface area contributed by atoms with Gasteiger partial charge < -0.3 is 4.74 Å². The molecular formula is C23H18INO2. The van der Waals surface area contributed by atoms with Crippen LogP contribution in [0.25, 0.3) is 5.57 Å². The number of carbonyl (C=O) groups is 1. The van der Waals surface area contributed by atoms with Gasteiger partial charge in [-0.15, -0.1) is 0 Å². The van der Waals surface area contributed by atoms with Crippen LogP contribution in [0.4, 0.5) is 0 Å². The van der Waals surface area contributed by atoms with E-state index in [1.54, 1.807) is 6.20 Å². The molecule has 4 heteroatoms. The fraction of sp³-hybridized carbons (Fsp3) is 0.130. The van der Waals surface area contributed by atoms with Crippen molar-refractivity contribution in [1.29, 1.82) is 0 Å². The number of rotatable bonds is 3. The second-order valence-electron chi connectivity index (χ2n) is 7.00. The molecule has 3 aromatic rings. The van der Waals surface area contributed by atoms with E-state index in [0.717, 1.165) is 26.2 Å². The molecule has 0 saturated heterocycles. The Kier molecular flexibility index (Phi) is 4.60. The zero-order chi connectivity index (χ0) is 19.0. The van der Waals surface area contributed by atoms with Gasteiger partial charge in [0.05, 0.1) is 5.69 Å². The zero-order valence-corrected chi connectivity index (χ0v) is 17.2. The Balaban J connectivity index is 1.83. The highest BCUT2D eigenvalue weighted by Crippen LogP contribution is 2.39. The molecule has 0 aliphatic carbocycles. The average Bonchev–Trinajstić information content (AvgIpc) is 2.67. The average molecular weight is 467 g/mol. The molecular weight excluding hydrogens is 449 g/mol. The van der Waals surface area contributed by atoms with Gasteiger partial charge in [-0.3, -0.25) is 9.78 Å². The molecule has 4 rings (SSSR count). The Morgan fingerprint density at radius 3 is 2.56 bits per heavy atom. The van der Waals surface area contributed by atoms with E-state index in [4.69, 9.17) is 4.74 Å². The first-order valence-corrected chi connectivity index (χ1v) is 9.79. The summed E-state index contributed by atoms with van der Waals surface area (Å²) in [6, 6.07) is 19.1. The summed E-state index contributed by atoms with van der Waals surface area (Å²) in [6.45, 7) is 4.04. The molecule has 0 amide bonds. The number of fused-ring (bicyclic) bond motifs is 1. The number of nitrogens with zero attached hydrogens (tertiary/aromatic N) is 1. The predicted molar refractivity (Wildman–Crippen MR) is 115 cm³/mol. The number of ether oxygens (including phenoxy) is 1. The molecule has 0 atom stereocenters. The Hall–Kier alpha value is -2.47. The summed E-state index contributed by atoms with van der Waals surface area (Å²) in [5, 5.41) is 0. The van der Waals surface area contributed by atoms with Crippen LogP contribution in [-0.4, -0.2) is 16.4 Å². The fourth-order valence-electron chi connectivity index (χ4n) is 3.24. The lowest BCUT2D eigenvalue weighted by Crippen LogP contribution is -2.29. The first kappa shape index (κ1) is 17.9. The van der Waals surface area contributed by atoms with E-state index in [9.17, 15) is 4.79 Å². The monoisotopic (exact) mass is 467 g/mol. The van der Waals surface area contributed by atoms with Gasteiger partial charge in [0.25, 0.3) is 0 Å². The standard InChI is InChI=1S/C23H18INO2/c1-23(2)14-18(20-9-5-6-12-25-20)17-13-15(10-11-21(17)27-23)22(26)16-7-3-4-8-19(16)24/h3-14H,1-2H3. The van der Waals surface area contributed by atoms with Crippen molar-refractivity contribution in [2.45, 2.75) is 19.4 Å². The van der Waals surface area contributed by atoms with Gasteiger partial charge >= 0.3 is 0 Å². The molecule has 1 aromatic heterocycles. The maximum absolute atomic E-state index is 13.0. The second kappa shape index (κ2) is 6.93. The maximum atomic E-state index is 13.0. The first-order valence-electron chi connectivity index (χ1n) is 8.71. The largest absolute Gasteiger partial charge is 0.483 e. The van der Waals surface area contributed by atoms with Gasteiger partial charge in [-0.1, -0.05) is 18.2 Å². The van der Waals surface area contributed by atoms with Gasteiger partial charge in [-0.2, -0.15) is 0 Å². The van der Waals surface area contributed by atoms with E-state index in [0.29, 0.717) is 11.1 Å². The highest BCUT2D eigenvalue weighted by Gasteiger charge is 2.28. The van der Waals surface area contributed by atoms with Crippen LogP contribution in [0.3, 0.4) is 0 Å². The van der Waals surface area contributed by atoms with E-state index in [1.807, 2.05) is 74.5 Å². The van der Waals surface area contributed by atoms with Crippen molar-refractivity contribution in [2.75, 3.05) is 0 Å². The third-order valence-electron chi connectivity index (χ3n) is 4.46. The number of hydrogen-bond acceptors (Lipinski definition) is 3. The van der Waals surface area contributed by atoms with Crippen LogP contribution in [0, 0.1) is 3.57 Å². The Labute approximate surface area is 172 Å². The Morgan fingerprint density at radius 1 is 1.04 bits per heavy atom.